The molecule has 0 aromatic carbocycles. The van der Waals surface area contributed by atoms with Crippen molar-refractivity contribution >= 4 is 23.3 Å². The smallest absolute Gasteiger partial charge is 0.287 e. The van der Waals surface area contributed by atoms with E-state index in [1.165, 1.54) is 7.11 Å². The van der Waals surface area contributed by atoms with Gasteiger partial charge in [0.05, 0.1) is 7.11 Å². The Bertz CT molecular complexity index is 369. The van der Waals surface area contributed by atoms with Gasteiger partial charge in [-0.3, -0.25) is 10.2 Å². The fourth-order valence-corrected chi connectivity index (χ4v) is 0.981. The van der Waals surface area contributed by atoms with Crippen LogP contribution in [0.2, 0.25) is 5.15 Å². The average molecular weight is 218 g/mol. The molecular weight excluding hydrogens is 210 g/mol. The lowest BCUT2D eigenvalue weighted by atomic mass is 10.4. The zero-order valence-electron chi connectivity index (χ0n) is 7.24. The number of nitrogens with two attached hydrogens (primary N) is 2. The number of ether oxygens (including phenoxy) is 1. The van der Waals surface area contributed by atoms with Crippen molar-refractivity contribution in [1.82, 2.24) is 15.4 Å². The Morgan fingerprint density at radius 3 is 2.71 bits per heavy atom. The monoisotopic (exact) mass is 217 g/mol. The van der Waals surface area contributed by atoms with E-state index in [-0.39, 0.29) is 22.5 Å². The van der Waals surface area contributed by atoms with Crippen LogP contribution in [0.1, 0.15) is 10.5 Å². The minimum atomic E-state index is -0.667. The maximum Gasteiger partial charge on any atom is 0.287 e. The van der Waals surface area contributed by atoms with Gasteiger partial charge >= 0.3 is 0 Å². The molecule has 0 atom stereocenters. The summed E-state index contributed by atoms with van der Waals surface area (Å²) in [6, 6.07) is 0. The van der Waals surface area contributed by atoms with Crippen LogP contribution in [0.15, 0.2) is 0 Å². The quantitative estimate of drug-likeness (QED) is 0.344. The summed E-state index contributed by atoms with van der Waals surface area (Å²) in [5.41, 5.74) is 7.14. The predicted octanol–water partition coefficient (Wildman–Crippen LogP) is -0.676. The molecule has 14 heavy (non-hydrogen) atoms. The van der Waals surface area contributed by atoms with Gasteiger partial charge in [-0.25, -0.2) is 10.8 Å². The lowest BCUT2D eigenvalue weighted by Gasteiger charge is -2.05. The summed E-state index contributed by atoms with van der Waals surface area (Å²) in [5.74, 6) is 4.18. The summed E-state index contributed by atoms with van der Waals surface area (Å²) >= 11 is 5.63. The fraction of sp³-hybridized carbons (Fsp3) is 0.167. The highest BCUT2D eigenvalue weighted by Crippen LogP contribution is 2.21. The number of aromatic nitrogens is 2. The number of methoxy groups -OCH3 is 1. The Hall–Kier alpha value is -1.60. The average Bonchev–Trinajstić information content (AvgIpc) is 2.19. The highest BCUT2D eigenvalue weighted by molar-refractivity contribution is 6.30. The van der Waals surface area contributed by atoms with Gasteiger partial charge in [-0.15, -0.1) is 0 Å². The zero-order valence-corrected chi connectivity index (χ0v) is 8.00. The third-order valence-electron chi connectivity index (χ3n) is 1.39. The van der Waals surface area contributed by atoms with Gasteiger partial charge in [0.25, 0.3) is 11.8 Å². The van der Waals surface area contributed by atoms with Crippen molar-refractivity contribution in [2.75, 3.05) is 12.8 Å². The second kappa shape index (κ2) is 4.07. The summed E-state index contributed by atoms with van der Waals surface area (Å²) in [6.45, 7) is 0. The number of hydrogen-bond donors (Lipinski definition) is 3. The summed E-state index contributed by atoms with van der Waals surface area (Å²) in [6.07, 6.45) is 0. The molecular formula is C6H8ClN5O2. The maximum absolute atomic E-state index is 11.1. The van der Waals surface area contributed by atoms with Crippen molar-refractivity contribution in [3.05, 3.63) is 10.8 Å². The molecule has 1 aromatic heterocycles. The van der Waals surface area contributed by atoms with Crippen molar-refractivity contribution in [2.45, 2.75) is 0 Å². The first kappa shape index (κ1) is 10.5. The molecule has 1 aromatic rings. The SMILES string of the molecule is COc1nc(N)c(C(=O)NN)nc1Cl. The number of halogens is 1. The lowest BCUT2D eigenvalue weighted by molar-refractivity contribution is 0.0949. The molecule has 5 N–H and O–H groups in total. The van der Waals surface area contributed by atoms with Crippen molar-refractivity contribution in [3.63, 3.8) is 0 Å². The van der Waals surface area contributed by atoms with Gasteiger partial charge < -0.3 is 10.5 Å². The molecule has 8 heteroatoms. The highest BCUT2D eigenvalue weighted by Gasteiger charge is 2.15. The van der Waals surface area contributed by atoms with Crippen LogP contribution < -0.4 is 21.7 Å². The number of amides is 1. The van der Waals surface area contributed by atoms with Crippen LogP contribution in [0.4, 0.5) is 5.82 Å². The van der Waals surface area contributed by atoms with E-state index in [4.69, 9.17) is 27.9 Å². The molecule has 1 rings (SSSR count). The predicted molar refractivity (Wildman–Crippen MR) is 49.7 cm³/mol. The fourth-order valence-electron chi connectivity index (χ4n) is 0.777. The summed E-state index contributed by atoms with van der Waals surface area (Å²) < 4.78 is 4.75. The molecule has 0 fully saturated rings. The number of nitrogens with one attached hydrogen (secondary N) is 1. The molecule has 0 saturated heterocycles. The van der Waals surface area contributed by atoms with Crippen LogP contribution in [0.25, 0.3) is 0 Å². The number of rotatable bonds is 2. The van der Waals surface area contributed by atoms with Crippen LogP contribution in [0, 0.1) is 0 Å². The van der Waals surface area contributed by atoms with Gasteiger partial charge in [0, 0.05) is 0 Å². The van der Waals surface area contributed by atoms with E-state index in [9.17, 15) is 4.79 Å². The van der Waals surface area contributed by atoms with Crippen LogP contribution in [0.5, 0.6) is 5.88 Å². The zero-order chi connectivity index (χ0) is 10.7. The Morgan fingerprint density at radius 2 is 2.21 bits per heavy atom. The molecule has 7 nitrogen and oxygen atoms in total. The molecule has 0 aliphatic rings. The molecule has 0 radical (unpaired) electrons. The summed E-state index contributed by atoms with van der Waals surface area (Å²) in [5, 5.41) is -0.0553. The first-order valence-electron chi connectivity index (χ1n) is 3.48. The second-order valence-corrected chi connectivity index (χ2v) is 2.59. The first-order valence-corrected chi connectivity index (χ1v) is 3.86. The van der Waals surface area contributed by atoms with Crippen LogP contribution in [0.3, 0.4) is 0 Å². The van der Waals surface area contributed by atoms with Gasteiger partial charge in [0.15, 0.2) is 16.7 Å². The first-order chi connectivity index (χ1) is 6.60. The Balaban J connectivity index is 3.21. The molecule has 0 saturated carbocycles. The van der Waals surface area contributed by atoms with Gasteiger partial charge in [-0.05, 0) is 0 Å². The van der Waals surface area contributed by atoms with E-state index in [2.05, 4.69) is 9.97 Å². The maximum atomic E-state index is 11.1. The second-order valence-electron chi connectivity index (χ2n) is 2.23. The molecule has 0 bridgehead atoms. The number of carbonyl (C=O) groups excluding carboxylic acids is 1. The van der Waals surface area contributed by atoms with E-state index >= 15 is 0 Å². The molecule has 76 valence electrons. The number of nitrogen functional groups attached to an aromatic ring is 2. The number of anilines is 1. The van der Waals surface area contributed by atoms with Crippen molar-refractivity contribution in [2.24, 2.45) is 5.84 Å². The van der Waals surface area contributed by atoms with E-state index in [0.717, 1.165) is 0 Å². The van der Waals surface area contributed by atoms with Gasteiger partial charge in [0.2, 0.25) is 0 Å². The number of hydrogen-bond acceptors (Lipinski definition) is 6. The van der Waals surface area contributed by atoms with Crippen molar-refractivity contribution in [1.29, 1.82) is 0 Å². The molecule has 0 spiro atoms. The molecule has 1 heterocycles. The van der Waals surface area contributed by atoms with Gasteiger partial charge in [0.1, 0.15) is 0 Å². The highest BCUT2D eigenvalue weighted by atomic mass is 35.5. The Kier molecular flexibility index (Phi) is 3.05. The summed E-state index contributed by atoms with van der Waals surface area (Å²) in [7, 11) is 1.36. The number of nitrogens with zero attached hydrogens (tertiary/aromatic N) is 2. The van der Waals surface area contributed by atoms with Crippen molar-refractivity contribution in [3.8, 4) is 5.88 Å². The topological polar surface area (TPSA) is 116 Å². The summed E-state index contributed by atoms with van der Waals surface area (Å²) in [4.78, 5) is 18.4. The number of hydrazine groups is 1. The molecule has 0 unspecified atom stereocenters. The van der Waals surface area contributed by atoms with E-state index in [1.807, 2.05) is 5.43 Å². The third-order valence-corrected chi connectivity index (χ3v) is 1.64. The Morgan fingerprint density at radius 1 is 1.57 bits per heavy atom. The number of carbonyl (C=O) groups is 1. The van der Waals surface area contributed by atoms with E-state index < -0.39 is 5.91 Å². The van der Waals surface area contributed by atoms with Crippen LogP contribution in [-0.2, 0) is 0 Å². The van der Waals surface area contributed by atoms with Crippen LogP contribution >= 0.6 is 11.6 Å². The van der Waals surface area contributed by atoms with Crippen molar-refractivity contribution < 1.29 is 9.53 Å². The molecule has 0 aliphatic carbocycles. The normalized spacial score (nSPS) is 9.64. The lowest BCUT2D eigenvalue weighted by Crippen LogP contribution is -2.31. The van der Waals surface area contributed by atoms with E-state index in [0.29, 0.717) is 0 Å². The van der Waals surface area contributed by atoms with Gasteiger partial charge in [-0.1, -0.05) is 11.6 Å². The Labute approximate surface area is 84.4 Å². The molecule has 0 aliphatic heterocycles. The largest absolute Gasteiger partial charge is 0.479 e. The minimum absolute atomic E-state index is 0.0535. The third kappa shape index (κ3) is 1.83. The van der Waals surface area contributed by atoms with E-state index in [1.54, 1.807) is 0 Å². The van der Waals surface area contributed by atoms with Crippen LogP contribution in [-0.4, -0.2) is 23.0 Å². The standard InChI is InChI=1S/C6H8ClN5O2/c1-14-6-3(7)10-2(4(8)11-6)5(13)12-9/h9H2,1H3,(H2,8,11)(H,12,13). The molecule has 1 amide bonds. The van der Waals surface area contributed by atoms with Gasteiger partial charge in [-0.2, -0.15) is 4.98 Å². The minimum Gasteiger partial charge on any atom is -0.479 e.